The molecule has 28 heavy (non-hydrogen) atoms. The Morgan fingerprint density at radius 2 is 2.18 bits per heavy atom. The average Bonchev–Trinajstić information content (AvgIpc) is 2.66. The standard InChI is InChI=1S/C18H30N4O5S/c1-15(4-3-11-27-28(2,25)26)13-20-17-12-16(5-6-18(17)22(23)24)14-21-9-7-19-8-10-21/h5-6,12,15,19-20H,3-4,7-11,13-14H2,1-2H3/i1D3. The second-order valence-corrected chi connectivity index (χ2v) is 8.52. The van der Waals surface area contributed by atoms with Gasteiger partial charge in [0.25, 0.3) is 15.8 Å². The zero-order valence-electron chi connectivity index (χ0n) is 19.0. The summed E-state index contributed by atoms with van der Waals surface area (Å²) in [5.41, 5.74) is 1.06. The van der Waals surface area contributed by atoms with Crippen molar-refractivity contribution in [2.45, 2.75) is 26.2 Å². The number of benzene rings is 1. The average molecular weight is 418 g/mol. The van der Waals surface area contributed by atoms with E-state index in [2.05, 4.69) is 19.7 Å². The van der Waals surface area contributed by atoms with Crippen LogP contribution in [0.15, 0.2) is 18.2 Å². The number of nitro benzene ring substituents is 1. The van der Waals surface area contributed by atoms with E-state index in [1.54, 1.807) is 12.1 Å². The maximum absolute atomic E-state index is 11.4. The van der Waals surface area contributed by atoms with Crippen molar-refractivity contribution in [3.8, 4) is 0 Å². The summed E-state index contributed by atoms with van der Waals surface area (Å²) in [5, 5.41) is 17.6. The van der Waals surface area contributed by atoms with E-state index in [0.717, 1.165) is 38.0 Å². The predicted octanol–water partition coefficient (Wildman–Crippen LogP) is 1.80. The molecule has 2 rings (SSSR count). The molecule has 0 radical (unpaired) electrons. The number of hydrogen-bond acceptors (Lipinski definition) is 8. The minimum atomic E-state index is -3.58. The van der Waals surface area contributed by atoms with Gasteiger partial charge in [0, 0.05) is 49.4 Å². The smallest absolute Gasteiger partial charge is 0.292 e. The second kappa shape index (κ2) is 10.7. The first kappa shape index (κ1) is 18.3. The molecule has 158 valence electrons. The monoisotopic (exact) mass is 417 g/mol. The van der Waals surface area contributed by atoms with Gasteiger partial charge >= 0.3 is 0 Å². The Morgan fingerprint density at radius 3 is 2.82 bits per heavy atom. The number of nitro groups is 1. The van der Waals surface area contributed by atoms with Crippen LogP contribution in [0.1, 0.15) is 29.4 Å². The summed E-state index contributed by atoms with van der Waals surface area (Å²) in [6.07, 6.45) is 1.36. The summed E-state index contributed by atoms with van der Waals surface area (Å²) < 4.78 is 50.0. The lowest BCUT2D eigenvalue weighted by Crippen LogP contribution is -2.42. The van der Waals surface area contributed by atoms with Crippen molar-refractivity contribution in [3.63, 3.8) is 0 Å². The van der Waals surface area contributed by atoms with Crippen LogP contribution in [0, 0.1) is 16.0 Å². The van der Waals surface area contributed by atoms with Crippen LogP contribution in [0.2, 0.25) is 0 Å². The molecular formula is C18H30N4O5S. The zero-order valence-corrected chi connectivity index (χ0v) is 16.8. The van der Waals surface area contributed by atoms with Gasteiger partial charge in [0.05, 0.1) is 17.8 Å². The third kappa shape index (κ3) is 8.09. The molecule has 9 nitrogen and oxygen atoms in total. The van der Waals surface area contributed by atoms with Crippen LogP contribution < -0.4 is 10.6 Å². The fraction of sp³-hybridized carbons (Fsp3) is 0.667. The van der Waals surface area contributed by atoms with Crippen molar-refractivity contribution in [1.29, 1.82) is 0 Å². The highest BCUT2D eigenvalue weighted by Gasteiger charge is 2.17. The number of piperazine rings is 1. The van der Waals surface area contributed by atoms with Gasteiger partial charge in [0.15, 0.2) is 0 Å². The lowest BCUT2D eigenvalue weighted by Gasteiger charge is -2.27. The summed E-state index contributed by atoms with van der Waals surface area (Å²) in [6, 6.07) is 4.85. The molecule has 0 saturated carbocycles. The Kier molecular flexibility index (Phi) is 6.99. The van der Waals surface area contributed by atoms with E-state index in [1.165, 1.54) is 6.07 Å². The maximum atomic E-state index is 11.4. The highest BCUT2D eigenvalue weighted by atomic mass is 32.2. The number of anilines is 1. The van der Waals surface area contributed by atoms with Crippen molar-refractivity contribution in [2.24, 2.45) is 5.92 Å². The molecule has 1 atom stereocenters. The van der Waals surface area contributed by atoms with Gasteiger partial charge in [0.2, 0.25) is 0 Å². The van der Waals surface area contributed by atoms with Crippen molar-refractivity contribution in [3.05, 3.63) is 33.9 Å². The molecule has 0 amide bonds. The summed E-state index contributed by atoms with van der Waals surface area (Å²) in [4.78, 5) is 13.2. The Bertz CT molecular complexity index is 845. The van der Waals surface area contributed by atoms with Crippen LogP contribution in [0.3, 0.4) is 0 Å². The normalized spacial score (nSPS) is 18.7. The van der Waals surface area contributed by atoms with Gasteiger partial charge in [-0.25, -0.2) is 0 Å². The first-order valence-corrected chi connectivity index (χ1v) is 11.1. The number of hydrogen-bond donors (Lipinski definition) is 2. The Labute approximate surface area is 170 Å². The van der Waals surface area contributed by atoms with Gasteiger partial charge in [-0.15, -0.1) is 0 Å². The minimum absolute atomic E-state index is 0.00664. The predicted molar refractivity (Wildman–Crippen MR) is 109 cm³/mol. The van der Waals surface area contributed by atoms with Crippen molar-refractivity contribution in [2.75, 3.05) is 50.9 Å². The molecule has 1 unspecified atom stereocenters. The largest absolute Gasteiger partial charge is 0.379 e. The van der Waals surface area contributed by atoms with E-state index >= 15 is 0 Å². The highest BCUT2D eigenvalue weighted by Crippen LogP contribution is 2.26. The van der Waals surface area contributed by atoms with Gasteiger partial charge < -0.3 is 10.6 Å². The molecule has 1 aromatic rings. The first-order valence-electron chi connectivity index (χ1n) is 10.7. The Morgan fingerprint density at radius 1 is 1.43 bits per heavy atom. The second-order valence-electron chi connectivity index (χ2n) is 6.88. The SMILES string of the molecule is [2H]C([2H])([2H])C(CCCOS(C)(=O)=O)CNc1cc(CN2CCNCC2)ccc1[N+](=O)[O-]. The summed E-state index contributed by atoms with van der Waals surface area (Å²) in [6.45, 7) is 1.79. The van der Waals surface area contributed by atoms with E-state index in [1.807, 2.05) is 0 Å². The molecule has 0 aliphatic carbocycles. The van der Waals surface area contributed by atoms with Gasteiger partial charge in [-0.2, -0.15) is 8.42 Å². The molecule has 2 N–H and O–H groups in total. The Hall–Kier alpha value is -1.75. The third-order valence-corrected chi connectivity index (χ3v) is 5.00. The maximum Gasteiger partial charge on any atom is 0.292 e. The molecule has 1 aliphatic rings. The Balaban J connectivity index is 2.05. The summed E-state index contributed by atoms with van der Waals surface area (Å²) in [7, 11) is -3.58. The molecule has 0 bridgehead atoms. The summed E-state index contributed by atoms with van der Waals surface area (Å²) >= 11 is 0. The molecule has 10 heteroatoms. The van der Waals surface area contributed by atoms with Crippen LogP contribution in [0.4, 0.5) is 11.4 Å². The summed E-state index contributed by atoms with van der Waals surface area (Å²) in [5.74, 6) is -0.813. The molecular weight excluding hydrogens is 384 g/mol. The molecule has 0 aromatic heterocycles. The van der Waals surface area contributed by atoms with Crippen LogP contribution in [0.5, 0.6) is 0 Å². The fourth-order valence-electron chi connectivity index (χ4n) is 2.99. The van der Waals surface area contributed by atoms with Crippen molar-refractivity contribution < 1.29 is 21.6 Å². The topological polar surface area (TPSA) is 114 Å². The van der Waals surface area contributed by atoms with Gasteiger partial charge in [-0.05, 0) is 30.4 Å². The van der Waals surface area contributed by atoms with E-state index in [-0.39, 0.29) is 37.4 Å². The molecule has 1 aliphatic heterocycles. The van der Waals surface area contributed by atoms with Gasteiger partial charge in [-0.1, -0.05) is 12.9 Å². The van der Waals surface area contributed by atoms with Crippen molar-refractivity contribution in [1.82, 2.24) is 10.2 Å². The van der Waals surface area contributed by atoms with E-state index < -0.39 is 27.8 Å². The van der Waals surface area contributed by atoms with E-state index in [0.29, 0.717) is 6.54 Å². The van der Waals surface area contributed by atoms with Crippen molar-refractivity contribution >= 4 is 21.5 Å². The molecule has 1 fully saturated rings. The molecule has 0 spiro atoms. The quantitative estimate of drug-likeness (QED) is 0.242. The van der Waals surface area contributed by atoms with Crippen LogP contribution in [-0.4, -0.2) is 63.8 Å². The van der Waals surface area contributed by atoms with Gasteiger partial charge in [0.1, 0.15) is 5.69 Å². The minimum Gasteiger partial charge on any atom is -0.379 e. The number of nitrogens with zero attached hydrogens (tertiary/aromatic N) is 2. The first-order chi connectivity index (χ1) is 14.5. The number of nitrogens with one attached hydrogen (secondary N) is 2. The van der Waals surface area contributed by atoms with Gasteiger partial charge in [-0.3, -0.25) is 19.2 Å². The lowest BCUT2D eigenvalue weighted by molar-refractivity contribution is -0.384. The number of rotatable bonds is 11. The molecule has 1 heterocycles. The van der Waals surface area contributed by atoms with Crippen LogP contribution >= 0.6 is 0 Å². The fourth-order valence-corrected chi connectivity index (χ4v) is 3.41. The molecule has 1 saturated heterocycles. The van der Waals surface area contributed by atoms with E-state index in [9.17, 15) is 18.5 Å². The molecule has 1 aromatic carbocycles. The van der Waals surface area contributed by atoms with Crippen LogP contribution in [0.25, 0.3) is 0 Å². The zero-order chi connectivity index (χ0) is 23.1. The van der Waals surface area contributed by atoms with Crippen LogP contribution in [-0.2, 0) is 20.8 Å². The lowest BCUT2D eigenvalue weighted by atomic mass is 10.1. The van der Waals surface area contributed by atoms with E-state index in [4.69, 9.17) is 4.11 Å². The highest BCUT2D eigenvalue weighted by molar-refractivity contribution is 7.85. The third-order valence-electron chi connectivity index (χ3n) is 4.41.